The fourth-order valence-electron chi connectivity index (χ4n) is 4.61. The SMILES string of the molecule is CNC(=O)CCCCC[C@H](NC(=O)Cc1cnc2ccccn12)c1ncc(-c2ccc(-n3cccn3)cc2)[nH]1. The number of unbranched alkanes of at least 4 members (excludes halogenated alkanes) is 2. The van der Waals surface area contributed by atoms with E-state index in [1.54, 1.807) is 25.6 Å². The summed E-state index contributed by atoms with van der Waals surface area (Å²) in [5.41, 5.74) is 4.47. The Bertz CT molecular complexity index is 1520. The summed E-state index contributed by atoms with van der Waals surface area (Å²) in [6.45, 7) is 0. The zero-order chi connectivity index (χ0) is 27.0. The number of aromatic amines is 1. The fourth-order valence-corrected chi connectivity index (χ4v) is 4.61. The van der Waals surface area contributed by atoms with Crippen molar-refractivity contribution in [3.05, 3.63) is 91.0 Å². The minimum absolute atomic E-state index is 0.0436. The van der Waals surface area contributed by atoms with Gasteiger partial charge in [0.15, 0.2) is 0 Å². The number of amides is 2. The Morgan fingerprint density at radius 1 is 0.949 bits per heavy atom. The predicted molar refractivity (Wildman–Crippen MR) is 148 cm³/mol. The van der Waals surface area contributed by atoms with Gasteiger partial charge in [0.25, 0.3) is 0 Å². The third-order valence-corrected chi connectivity index (χ3v) is 6.72. The summed E-state index contributed by atoms with van der Waals surface area (Å²) in [4.78, 5) is 37.1. The normalized spacial score (nSPS) is 11.9. The molecule has 2 amide bonds. The third-order valence-electron chi connectivity index (χ3n) is 6.72. The molecule has 1 atom stereocenters. The number of carbonyl (C=O) groups excluding carboxylic acids is 2. The zero-order valence-corrected chi connectivity index (χ0v) is 21.9. The van der Waals surface area contributed by atoms with Crippen LogP contribution in [0, 0.1) is 0 Å². The molecule has 4 aromatic heterocycles. The second-order valence-electron chi connectivity index (χ2n) is 9.43. The average molecular weight is 525 g/mol. The molecule has 0 unspecified atom stereocenters. The van der Waals surface area contributed by atoms with Crippen molar-refractivity contribution in [3.63, 3.8) is 0 Å². The van der Waals surface area contributed by atoms with E-state index in [0.29, 0.717) is 18.7 Å². The molecule has 0 aliphatic rings. The molecule has 0 saturated heterocycles. The van der Waals surface area contributed by atoms with E-state index in [1.165, 1.54) is 0 Å². The molecule has 4 heterocycles. The lowest BCUT2D eigenvalue weighted by atomic mass is 10.1. The highest BCUT2D eigenvalue weighted by molar-refractivity contribution is 5.79. The number of benzene rings is 1. The van der Waals surface area contributed by atoms with Crippen LogP contribution in [0.25, 0.3) is 22.6 Å². The molecule has 10 heteroatoms. The highest BCUT2D eigenvalue weighted by Crippen LogP contribution is 2.24. The van der Waals surface area contributed by atoms with Gasteiger partial charge in [-0.2, -0.15) is 5.10 Å². The number of hydrogen-bond donors (Lipinski definition) is 3. The highest BCUT2D eigenvalue weighted by Gasteiger charge is 2.19. The monoisotopic (exact) mass is 524 g/mol. The Morgan fingerprint density at radius 2 is 1.82 bits per heavy atom. The molecule has 0 bridgehead atoms. The van der Waals surface area contributed by atoms with Gasteiger partial charge in [0.05, 0.1) is 35.7 Å². The van der Waals surface area contributed by atoms with Crippen molar-refractivity contribution in [3.8, 4) is 16.9 Å². The first kappa shape index (κ1) is 25.9. The van der Waals surface area contributed by atoms with Gasteiger partial charge in [-0.1, -0.05) is 31.0 Å². The molecule has 5 aromatic rings. The van der Waals surface area contributed by atoms with Crippen molar-refractivity contribution < 1.29 is 9.59 Å². The van der Waals surface area contributed by atoms with Crippen molar-refractivity contribution >= 4 is 17.5 Å². The van der Waals surface area contributed by atoms with Crippen LogP contribution in [-0.2, 0) is 16.0 Å². The summed E-state index contributed by atoms with van der Waals surface area (Å²) < 4.78 is 3.73. The summed E-state index contributed by atoms with van der Waals surface area (Å²) in [6, 6.07) is 15.4. The Hall–Kier alpha value is -4.73. The van der Waals surface area contributed by atoms with Crippen molar-refractivity contribution in [1.82, 2.24) is 39.8 Å². The van der Waals surface area contributed by atoms with Crippen LogP contribution in [-0.4, -0.2) is 48.0 Å². The molecule has 10 nitrogen and oxygen atoms in total. The largest absolute Gasteiger partial charge is 0.359 e. The van der Waals surface area contributed by atoms with Crippen LogP contribution in [0.4, 0.5) is 0 Å². The lowest BCUT2D eigenvalue weighted by molar-refractivity contribution is -0.121. The number of pyridine rings is 1. The molecule has 0 spiro atoms. The molecule has 0 radical (unpaired) electrons. The zero-order valence-electron chi connectivity index (χ0n) is 21.9. The van der Waals surface area contributed by atoms with Gasteiger partial charge in [-0.05, 0) is 48.7 Å². The van der Waals surface area contributed by atoms with E-state index in [2.05, 4.69) is 30.7 Å². The van der Waals surface area contributed by atoms with Gasteiger partial charge in [0.2, 0.25) is 11.8 Å². The molecule has 0 aliphatic heterocycles. The van der Waals surface area contributed by atoms with Crippen LogP contribution in [0.1, 0.15) is 49.7 Å². The van der Waals surface area contributed by atoms with Gasteiger partial charge in [-0.15, -0.1) is 0 Å². The summed E-state index contributed by atoms with van der Waals surface area (Å²) in [5.74, 6) is 0.652. The molecule has 1 aromatic carbocycles. The van der Waals surface area contributed by atoms with E-state index in [4.69, 9.17) is 0 Å². The van der Waals surface area contributed by atoms with Crippen molar-refractivity contribution in [1.29, 1.82) is 0 Å². The Balaban J connectivity index is 1.28. The number of hydrogen-bond acceptors (Lipinski definition) is 5. The van der Waals surface area contributed by atoms with Crippen molar-refractivity contribution in [2.75, 3.05) is 7.05 Å². The van der Waals surface area contributed by atoms with E-state index in [1.807, 2.05) is 70.0 Å². The maximum Gasteiger partial charge on any atom is 0.226 e. The number of fused-ring (bicyclic) bond motifs is 1. The lowest BCUT2D eigenvalue weighted by Gasteiger charge is -2.17. The fraction of sp³-hybridized carbons (Fsp3) is 0.276. The van der Waals surface area contributed by atoms with E-state index >= 15 is 0 Å². The number of aromatic nitrogens is 6. The van der Waals surface area contributed by atoms with Gasteiger partial charge in [0.1, 0.15) is 11.5 Å². The number of carbonyl (C=O) groups is 2. The van der Waals surface area contributed by atoms with E-state index in [-0.39, 0.29) is 24.3 Å². The Kier molecular flexibility index (Phi) is 8.11. The van der Waals surface area contributed by atoms with Crippen LogP contribution < -0.4 is 10.6 Å². The molecule has 0 aliphatic carbocycles. The molecular formula is C29H32N8O2. The van der Waals surface area contributed by atoms with Crippen LogP contribution in [0.15, 0.2) is 79.5 Å². The van der Waals surface area contributed by atoms with Gasteiger partial charge < -0.3 is 20.0 Å². The molecule has 0 saturated carbocycles. The number of rotatable bonds is 12. The number of H-pyrrole nitrogens is 1. The summed E-state index contributed by atoms with van der Waals surface area (Å²) in [5, 5.41) is 10.1. The first-order valence-electron chi connectivity index (χ1n) is 13.2. The summed E-state index contributed by atoms with van der Waals surface area (Å²) >= 11 is 0. The van der Waals surface area contributed by atoms with E-state index < -0.39 is 0 Å². The first-order chi connectivity index (χ1) is 19.1. The van der Waals surface area contributed by atoms with Gasteiger partial charge in [0, 0.05) is 38.3 Å². The quantitative estimate of drug-likeness (QED) is 0.213. The standard InChI is InChI=1S/C29H32N8O2/c1-30-27(38)10-4-2-3-8-24(34-28(39)18-23-19-31-26-9-5-6-16-36(23)26)29-32-20-25(35-29)21-11-13-22(14-12-21)37-17-7-15-33-37/h5-7,9,11-17,19-20,24H,2-4,8,10,18H2,1H3,(H,30,38)(H,32,35)(H,34,39)/t24-/m0/s1. The van der Waals surface area contributed by atoms with Crippen LogP contribution >= 0.6 is 0 Å². The topological polar surface area (TPSA) is 122 Å². The smallest absolute Gasteiger partial charge is 0.226 e. The first-order valence-corrected chi connectivity index (χ1v) is 13.2. The van der Waals surface area contributed by atoms with Crippen LogP contribution in [0.2, 0.25) is 0 Å². The second kappa shape index (κ2) is 12.2. The average Bonchev–Trinajstić information content (AvgIpc) is 3.74. The third kappa shape index (κ3) is 6.40. The minimum Gasteiger partial charge on any atom is -0.359 e. The molecule has 3 N–H and O–H groups in total. The van der Waals surface area contributed by atoms with Gasteiger partial charge in [-0.25, -0.2) is 14.6 Å². The number of imidazole rings is 2. The number of nitrogens with one attached hydrogen (secondary N) is 3. The van der Waals surface area contributed by atoms with Crippen molar-refractivity contribution in [2.24, 2.45) is 0 Å². The highest BCUT2D eigenvalue weighted by atomic mass is 16.2. The number of nitrogens with zero attached hydrogens (tertiary/aromatic N) is 5. The molecule has 0 fully saturated rings. The molecule has 39 heavy (non-hydrogen) atoms. The minimum atomic E-state index is -0.284. The van der Waals surface area contributed by atoms with E-state index in [0.717, 1.165) is 47.5 Å². The molecule has 200 valence electrons. The molecule has 5 rings (SSSR count). The van der Waals surface area contributed by atoms with Gasteiger partial charge >= 0.3 is 0 Å². The van der Waals surface area contributed by atoms with Gasteiger partial charge in [-0.3, -0.25) is 9.59 Å². The van der Waals surface area contributed by atoms with Crippen molar-refractivity contribution in [2.45, 2.75) is 44.6 Å². The summed E-state index contributed by atoms with van der Waals surface area (Å²) in [6.07, 6.45) is 13.0. The Morgan fingerprint density at radius 3 is 2.62 bits per heavy atom. The second-order valence-corrected chi connectivity index (χ2v) is 9.43. The van der Waals surface area contributed by atoms with Crippen LogP contribution in [0.5, 0.6) is 0 Å². The summed E-state index contributed by atoms with van der Waals surface area (Å²) in [7, 11) is 1.65. The predicted octanol–water partition coefficient (Wildman–Crippen LogP) is 4.01. The lowest BCUT2D eigenvalue weighted by Crippen LogP contribution is -2.31. The maximum atomic E-state index is 13.1. The Labute approximate surface area is 226 Å². The molecular weight excluding hydrogens is 492 g/mol. The van der Waals surface area contributed by atoms with Crippen LogP contribution in [0.3, 0.4) is 0 Å². The van der Waals surface area contributed by atoms with E-state index in [9.17, 15) is 9.59 Å². The maximum absolute atomic E-state index is 13.1.